The van der Waals surface area contributed by atoms with E-state index < -0.39 is 6.10 Å². The molecular weight excluding hydrogens is 252 g/mol. The second kappa shape index (κ2) is 7.22. The summed E-state index contributed by atoms with van der Waals surface area (Å²) in [5.74, 6) is -0.310. The molecule has 0 N–H and O–H groups in total. The minimum Gasteiger partial charge on any atom is -0.458 e. The van der Waals surface area contributed by atoms with Crippen molar-refractivity contribution >= 4 is 11.8 Å². The maximum Gasteiger partial charge on any atom is 0.303 e. The second-order valence-electron chi connectivity index (χ2n) is 5.65. The van der Waals surface area contributed by atoms with E-state index in [1.54, 1.807) is 6.08 Å². The molecule has 1 atom stereocenters. The van der Waals surface area contributed by atoms with Crippen LogP contribution in [0, 0.1) is 0 Å². The van der Waals surface area contributed by atoms with Crippen LogP contribution in [0.15, 0.2) is 34.9 Å². The van der Waals surface area contributed by atoms with Gasteiger partial charge >= 0.3 is 5.97 Å². The van der Waals surface area contributed by atoms with Crippen LogP contribution in [0.1, 0.15) is 53.4 Å². The summed E-state index contributed by atoms with van der Waals surface area (Å²) in [5, 5.41) is 0. The van der Waals surface area contributed by atoms with Crippen molar-refractivity contribution in [3.63, 3.8) is 0 Å². The first-order valence-corrected chi connectivity index (χ1v) is 7.04. The number of allylic oxidation sites excluding steroid dienone is 3. The Labute approximate surface area is 121 Å². The Kier molecular flexibility index (Phi) is 5.93. The fourth-order valence-electron chi connectivity index (χ4n) is 2.34. The molecular formula is C17H24O3. The highest BCUT2D eigenvalue weighted by atomic mass is 16.5. The zero-order chi connectivity index (χ0) is 15.3. The van der Waals surface area contributed by atoms with Gasteiger partial charge in [-0.3, -0.25) is 9.59 Å². The van der Waals surface area contributed by atoms with Crippen molar-refractivity contribution < 1.29 is 14.3 Å². The van der Waals surface area contributed by atoms with Crippen LogP contribution in [0.5, 0.6) is 0 Å². The molecule has 1 unspecified atom stereocenters. The van der Waals surface area contributed by atoms with Gasteiger partial charge in [0.2, 0.25) is 0 Å². The van der Waals surface area contributed by atoms with Crippen molar-refractivity contribution in [2.24, 2.45) is 0 Å². The van der Waals surface area contributed by atoms with Gasteiger partial charge in [-0.1, -0.05) is 17.7 Å². The molecule has 0 aromatic carbocycles. The molecule has 0 radical (unpaired) electrons. The average molecular weight is 276 g/mol. The van der Waals surface area contributed by atoms with E-state index in [1.807, 2.05) is 20.8 Å². The smallest absolute Gasteiger partial charge is 0.303 e. The molecule has 3 heteroatoms. The number of hydrogen-bond acceptors (Lipinski definition) is 3. The minimum absolute atomic E-state index is 0.0225. The van der Waals surface area contributed by atoms with Gasteiger partial charge < -0.3 is 4.74 Å². The van der Waals surface area contributed by atoms with Gasteiger partial charge in [-0.25, -0.2) is 0 Å². The third-order valence-electron chi connectivity index (χ3n) is 3.50. The first-order valence-electron chi connectivity index (χ1n) is 7.04. The molecule has 3 nitrogen and oxygen atoms in total. The molecule has 1 rings (SSSR count). The van der Waals surface area contributed by atoms with Crippen molar-refractivity contribution in [3.8, 4) is 0 Å². The lowest BCUT2D eigenvalue weighted by atomic mass is 9.90. The summed E-state index contributed by atoms with van der Waals surface area (Å²) in [6.45, 7) is 11.2. The van der Waals surface area contributed by atoms with E-state index in [-0.39, 0.29) is 11.8 Å². The van der Waals surface area contributed by atoms with Crippen LogP contribution in [-0.4, -0.2) is 17.9 Å². The first kappa shape index (κ1) is 16.4. The quantitative estimate of drug-likeness (QED) is 0.414. The van der Waals surface area contributed by atoms with Crippen LogP contribution in [-0.2, 0) is 14.3 Å². The van der Waals surface area contributed by atoms with E-state index in [0.717, 1.165) is 41.6 Å². The van der Waals surface area contributed by atoms with Gasteiger partial charge in [0.25, 0.3) is 0 Å². The Morgan fingerprint density at radius 1 is 1.30 bits per heavy atom. The van der Waals surface area contributed by atoms with Crippen molar-refractivity contribution in [2.45, 2.75) is 59.5 Å². The number of hydrogen-bond donors (Lipinski definition) is 0. The molecule has 0 spiro atoms. The lowest BCUT2D eigenvalue weighted by Crippen LogP contribution is -2.22. The number of carbonyl (C=O) groups is 2. The molecule has 1 aliphatic carbocycles. The standard InChI is InChI=1S/C17H24O3/c1-11(2)15-10-17(20-14(5)18)13(4)8-6-7-12(3)9-16(15)19/h9,17H,4,6-8,10H2,1-3,5H3/b12-9-. The van der Waals surface area contributed by atoms with Gasteiger partial charge in [0.05, 0.1) is 0 Å². The predicted molar refractivity (Wildman–Crippen MR) is 80.3 cm³/mol. The largest absolute Gasteiger partial charge is 0.458 e. The SMILES string of the molecule is C=C1CCC/C(C)=C\C(=O)C(=C(C)C)CC1OC(C)=O. The fourth-order valence-corrected chi connectivity index (χ4v) is 2.34. The van der Waals surface area contributed by atoms with Crippen molar-refractivity contribution in [2.75, 3.05) is 0 Å². The zero-order valence-electron chi connectivity index (χ0n) is 12.9. The van der Waals surface area contributed by atoms with Gasteiger partial charge in [0.1, 0.15) is 6.10 Å². The van der Waals surface area contributed by atoms with Crippen LogP contribution < -0.4 is 0 Å². The van der Waals surface area contributed by atoms with Crippen LogP contribution in [0.25, 0.3) is 0 Å². The Hall–Kier alpha value is -1.64. The summed E-state index contributed by atoms with van der Waals surface area (Å²) in [7, 11) is 0. The number of carbonyl (C=O) groups excluding carboxylic acids is 2. The van der Waals surface area contributed by atoms with Crippen molar-refractivity contribution in [1.29, 1.82) is 0 Å². The van der Waals surface area contributed by atoms with E-state index in [0.29, 0.717) is 6.42 Å². The molecule has 0 aliphatic heterocycles. The topological polar surface area (TPSA) is 43.4 Å². The van der Waals surface area contributed by atoms with E-state index in [1.165, 1.54) is 6.92 Å². The molecule has 20 heavy (non-hydrogen) atoms. The summed E-state index contributed by atoms with van der Waals surface area (Å²) in [5.41, 5.74) is 3.66. The Morgan fingerprint density at radius 2 is 1.95 bits per heavy atom. The molecule has 0 fully saturated rings. The molecule has 0 amide bonds. The average Bonchev–Trinajstić information content (AvgIpc) is 2.31. The summed E-state index contributed by atoms with van der Waals surface area (Å²) in [6, 6.07) is 0. The summed E-state index contributed by atoms with van der Waals surface area (Å²) in [6.07, 6.45) is 4.34. The number of ketones is 1. The van der Waals surface area contributed by atoms with E-state index in [9.17, 15) is 9.59 Å². The van der Waals surface area contributed by atoms with Gasteiger partial charge in [0, 0.05) is 18.9 Å². The van der Waals surface area contributed by atoms with Crippen LogP contribution >= 0.6 is 0 Å². The maximum absolute atomic E-state index is 12.3. The van der Waals surface area contributed by atoms with Gasteiger partial charge in [-0.15, -0.1) is 0 Å². The molecule has 0 heterocycles. The van der Waals surface area contributed by atoms with Crippen LogP contribution in [0.3, 0.4) is 0 Å². The molecule has 0 aromatic rings. The fraction of sp³-hybridized carbons (Fsp3) is 0.529. The van der Waals surface area contributed by atoms with Crippen molar-refractivity contribution in [1.82, 2.24) is 0 Å². The highest BCUT2D eigenvalue weighted by Gasteiger charge is 2.22. The van der Waals surface area contributed by atoms with E-state index in [2.05, 4.69) is 6.58 Å². The zero-order valence-corrected chi connectivity index (χ0v) is 12.9. The molecule has 0 bridgehead atoms. The maximum atomic E-state index is 12.3. The van der Waals surface area contributed by atoms with E-state index in [4.69, 9.17) is 4.74 Å². The number of rotatable bonds is 1. The lowest BCUT2D eigenvalue weighted by Gasteiger charge is -2.22. The third kappa shape index (κ3) is 4.80. The summed E-state index contributed by atoms with van der Waals surface area (Å²) in [4.78, 5) is 23.6. The van der Waals surface area contributed by atoms with Gasteiger partial charge in [-0.05, 0) is 51.7 Å². The number of esters is 1. The summed E-state index contributed by atoms with van der Waals surface area (Å²) >= 11 is 0. The third-order valence-corrected chi connectivity index (χ3v) is 3.50. The van der Waals surface area contributed by atoms with Crippen LogP contribution in [0.4, 0.5) is 0 Å². The van der Waals surface area contributed by atoms with Gasteiger partial charge in [-0.2, -0.15) is 0 Å². The minimum atomic E-state index is -0.395. The highest BCUT2D eigenvalue weighted by molar-refractivity contribution is 6.04. The molecule has 0 aromatic heterocycles. The first-order chi connectivity index (χ1) is 9.31. The van der Waals surface area contributed by atoms with Crippen LogP contribution in [0.2, 0.25) is 0 Å². The normalized spacial score (nSPS) is 23.9. The highest BCUT2D eigenvalue weighted by Crippen LogP contribution is 2.25. The second-order valence-corrected chi connectivity index (χ2v) is 5.65. The van der Waals surface area contributed by atoms with Gasteiger partial charge in [0.15, 0.2) is 5.78 Å². The van der Waals surface area contributed by atoms with E-state index >= 15 is 0 Å². The lowest BCUT2D eigenvalue weighted by molar-refractivity contribution is -0.144. The molecule has 1 aliphatic rings. The Bertz CT molecular complexity index is 476. The summed E-state index contributed by atoms with van der Waals surface area (Å²) < 4.78 is 5.35. The monoisotopic (exact) mass is 276 g/mol. The molecule has 0 saturated heterocycles. The Balaban J connectivity index is 3.12. The predicted octanol–water partition coefficient (Wildman–Crippen LogP) is 3.90. The Morgan fingerprint density at radius 3 is 2.50 bits per heavy atom. The van der Waals surface area contributed by atoms with Crippen molar-refractivity contribution in [3.05, 3.63) is 34.9 Å². The molecule has 110 valence electrons. The molecule has 0 saturated carbocycles. The number of ether oxygens (including phenoxy) is 1.